The minimum atomic E-state index is -4.68. The Labute approximate surface area is 98.1 Å². The minimum Gasteiger partial charge on any atom is -0.396 e. The SMILES string of the molecule is Cc1nc2nc(C(F)(F)F)[nH]n2c(=O)c1CCO. The van der Waals surface area contributed by atoms with E-state index in [9.17, 15) is 18.0 Å². The number of nitrogens with zero attached hydrogens (tertiary/aromatic N) is 3. The summed E-state index contributed by atoms with van der Waals surface area (Å²) in [5.74, 6) is -1.63. The molecule has 0 saturated carbocycles. The summed E-state index contributed by atoms with van der Waals surface area (Å²) in [6.45, 7) is 1.19. The van der Waals surface area contributed by atoms with Crippen LogP contribution in [0.25, 0.3) is 5.78 Å². The molecule has 2 aromatic rings. The van der Waals surface area contributed by atoms with E-state index in [1.165, 1.54) is 6.92 Å². The summed E-state index contributed by atoms with van der Waals surface area (Å²) in [6, 6.07) is 0. The van der Waals surface area contributed by atoms with Crippen LogP contribution in [0.3, 0.4) is 0 Å². The van der Waals surface area contributed by atoms with Crippen LogP contribution in [0, 0.1) is 6.92 Å². The van der Waals surface area contributed by atoms with E-state index in [-0.39, 0.29) is 30.1 Å². The van der Waals surface area contributed by atoms with Crippen molar-refractivity contribution < 1.29 is 18.3 Å². The standard InChI is InChI=1S/C9H9F3N4O2/c1-4-5(2-3-17)6(18)16-8(13-4)14-7(15-16)9(10,11)12/h17H,2-3H2,1H3,(H,13,14,15). The summed E-state index contributed by atoms with van der Waals surface area (Å²) in [5, 5.41) is 10.6. The highest BCUT2D eigenvalue weighted by Gasteiger charge is 2.35. The average molecular weight is 262 g/mol. The highest BCUT2D eigenvalue weighted by atomic mass is 19.4. The lowest BCUT2D eigenvalue weighted by Gasteiger charge is -2.01. The number of hydrogen-bond donors (Lipinski definition) is 2. The van der Waals surface area contributed by atoms with Crippen molar-refractivity contribution in [3.8, 4) is 0 Å². The van der Waals surface area contributed by atoms with Crippen LogP contribution < -0.4 is 5.56 Å². The number of nitrogens with one attached hydrogen (secondary N) is 1. The van der Waals surface area contributed by atoms with Gasteiger partial charge in [-0.3, -0.25) is 9.89 Å². The molecule has 6 nitrogen and oxygen atoms in total. The number of fused-ring (bicyclic) bond motifs is 1. The third-order valence-electron chi connectivity index (χ3n) is 2.43. The van der Waals surface area contributed by atoms with Gasteiger partial charge in [-0.1, -0.05) is 0 Å². The van der Waals surface area contributed by atoms with Gasteiger partial charge in [0.2, 0.25) is 5.82 Å². The molecule has 0 aliphatic rings. The molecule has 2 rings (SSSR count). The van der Waals surface area contributed by atoms with Crippen LogP contribution in [0.2, 0.25) is 0 Å². The van der Waals surface area contributed by atoms with Crippen molar-refractivity contribution in [1.82, 2.24) is 19.6 Å². The molecule has 0 aliphatic carbocycles. The van der Waals surface area contributed by atoms with Gasteiger partial charge in [-0.25, -0.2) is 4.98 Å². The van der Waals surface area contributed by atoms with Gasteiger partial charge in [0.05, 0.1) is 5.69 Å². The smallest absolute Gasteiger partial charge is 0.396 e. The van der Waals surface area contributed by atoms with Crippen LogP contribution in [0.15, 0.2) is 4.79 Å². The zero-order valence-corrected chi connectivity index (χ0v) is 9.25. The number of H-pyrrole nitrogens is 1. The van der Waals surface area contributed by atoms with Gasteiger partial charge >= 0.3 is 6.18 Å². The Morgan fingerprint density at radius 1 is 1.39 bits per heavy atom. The maximum Gasteiger partial charge on any atom is 0.451 e. The maximum absolute atomic E-state index is 12.4. The Balaban J connectivity index is 2.71. The first-order valence-corrected chi connectivity index (χ1v) is 5.01. The van der Waals surface area contributed by atoms with Crippen molar-refractivity contribution in [3.63, 3.8) is 0 Å². The summed E-state index contributed by atoms with van der Waals surface area (Å²) in [4.78, 5) is 18.9. The van der Waals surface area contributed by atoms with Gasteiger partial charge in [-0.15, -0.1) is 0 Å². The predicted molar refractivity (Wildman–Crippen MR) is 54.1 cm³/mol. The molecule has 0 unspecified atom stereocenters. The Morgan fingerprint density at radius 3 is 2.61 bits per heavy atom. The van der Waals surface area contributed by atoms with E-state index in [4.69, 9.17) is 5.11 Å². The molecule has 18 heavy (non-hydrogen) atoms. The summed E-state index contributed by atoms with van der Waals surface area (Å²) in [5.41, 5.74) is -0.267. The molecule has 0 saturated heterocycles. The second-order valence-corrected chi connectivity index (χ2v) is 3.66. The van der Waals surface area contributed by atoms with Gasteiger partial charge in [-0.2, -0.15) is 22.7 Å². The molecule has 2 heterocycles. The van der Waals surface area contributed by atoms with Crippen molar-refractivity contribution in [3.05, 3.63) is 27.4 Å². The van der Waals surface area contributed by atoms with Gasteiger partial charge in [0.15, 0.2) is 0 Å². The molecule has 0 bridgehead atoms. The van der Waals surface area contributed by atoms with Crippen LogP contribution in [0.1, 0.15) is 17.1 Å². The first-order valence-electron chi connectivity index (χ1n) is 5.01. The van der Waals surface area contributed by atoms with Crippen LogP contribution >= 0.6 is 0 Å². The largest absolute Gasteiger partial charge is 0.451 e. The Hall–Kier alpha value is -1.90. The number of aromatic amines is 1. The van der Waals surface area contributed by atoms with E-state index in [1.54, 1.807) is 0 Å². The second kappa shape index (κ2) is 4.09. The minimum absolute atomic E-state index is 0.0287. The van der Waals surface area contributed by atoms with Gasteiger partial charge in [-0.05, 0) is 6.92 Å². The second-order valence-electron chi connectivity index (χ2n) is 3.66. The number of aryl methyl sites for hydroxylation is 1. The average Bonchev–Trinajstić information content (AvgIpc) is 2.67. The van der Waals surface area contributed by atoms with Crippen LogP contribution in [0.4, 0.5) is 13.2 Å². The molecule has 0 amide bonds. The fourth-order valence-corrected chi connectivity index (χ4v) is 1.58. The summed E-state index contributed by atoms with van der Waals surface area (Å²) >= 11 is 0. The van der Waals surface area contributed by atoms with Crippen molar-refractivity contribution in [2.75, 3.05) is 6.61 Å². The van der Waals surface area contributed by atoms with Crippen LogP contribution in [-0.2, 0) is 12.6 Å². The van der Waals surface area contributed by atoms with E-state index in [0.717, 1.165) is 0 Å². The Kier molecular flexibility index (Phi) is 2.85. The fraction of sp³-hybridized carbons (Fsp3) is 0.444. The van der Waals surface area contributed by atoms with Crippen LogP contribution in [-0.4, -0.2) is 31.3 Å². The molecular formula is C9H9F3N4O2. The normalized spacial score (nSPS) is 12.3. The first-order chi connectivity index (χ1) is 8.34. The quantitative estimate of drug-likeness (QED) is 0.814. The molecule has 9 heteroatoms. The lowest BCUT2D eigenvalue weighted by molar-refractivity contribution is -0.144. The summed E-state index contributed by atoms with van der Waals surface area (Å²) in [6.07, 6.45) is -4.65. The van der Waals surface area contributed by atoms with Crippen molar-refractivity contribution in [2.24, 2.45) is 0 Å². The highest BCUT2D eigenvalue weighted by Crippen LogP contribution is 2.25. The molecule has 0 radical (unpaired) electrons. The van der Waals surface area contributed by atoms with Gasteiger partial charge in [0, 0.05) is 18.6 Å². The van der Waals surface area contributed by atoms with Gasteiger partial charge in [0.1, 0.15) is 0 Å². The van der Waals surface area contributed by atoms with E-state index in [2.05, 4.69) is 9.97 Å². The van der Waals surface area contributed by atoms with Crippen molar-refractivity contribution in [1.29, 1.82) is 0 Å². The number of alkyl halides is 3. The van der Waals surface area contributed by atoms with E-state index in [0.29, 0.717) is 4.52 Å². The van der Waals surface area contributed by atoms with E-state index in [1.807, 2.05) is 5.10 Å². The number of aliphatic hydroxyl groups excluding tert-OH is 1. The molecule has 0 fully saturated rings. The monoisotopic (exact) mass is 262 g/mol. The summed E-state index contributed by atoms with van der Waals surface area (Å²) < 4.78 is 37.9. The third kappa shape index (κ3) is 1.96. The van der Waals surface area contributed by atoms with E-state index < -0.39 is 17.6 Å². The molecular weight excluding hydrogens is 253 g/mol. The topological polar surface area (TPSA) is 83.3 Å². The summed E-state index contributed by atoms with van der Waals surface area (Å²) in [7, 11) is 0. The van der Waals surface area contributed by atoms with Crippen molar-refractivity contribution >= 4 is 5.78 Å². The number of aromatic nitrogens is 4. The predicted octanol–water partition coefficient (Wildman–Crippen LogP) is 0.280. The molecule has 2 aromatic heterocycles. The third-order valence-corrected chi connectivity index (χ3v) is 2.43. The molecule has 0 atom stereocenters. The molecule has 2 N–H and O–H groups in total. The molecule has 0 aliphatic heterocycles. The van der Waals surface area contributed by atoms with Crippen LogP contribution in [0.5, 0.6) is 0 Å². The number of rotatable bonds is 2. The lowest BCUT2D eigenvalue weighted by atomic mass is 10.2. The van der Waals surface area contributed by atoms with E-state index >= 15 is 0 Å². The zero-order valence-electron chi connectivity index (χ0n) is 9.25. The van der Waals surface area contributed by atoms with Crippen molar-refractivity contribution in [2.45, 2.75) is 19.5 Å². The number of halogens is 3. The molecule has 98 valence electrons. The maximum atomic E-state index is 12.4. The number of aliphatic hydroxyl groups is 1. The lowest BCUT2D eigenvalue weighted by Crippen LogP contribution is -2.23. The Bertz CT molecular complexity index is 644. The zero-order chi connectivity index (χ0) is 13.5. The van der Waals surface area contributed by atoms with Gasteiger partial charge < -0.3 is 5.11 Å². The fourth-order valence-electron chi connectivity index (χ4n) is 1.58. The number of hydrogen-bond acceptors (Lipinski definition) is 4. The van der Waals surface area contributed by atoms with Gasteiger partial charge in [0.25, 0.3) is 11.3 Å². The molecule has 0 aromatic carbocycles. The Morgan fingerprint density at radius 2 is 2.06 bits per heavy atom. The molecule has 0 spiro atoms. The first kappa shape index (κ1) is 12.6. The highest BCUT2D eigenvalue weighted by molar-refractivity contribution is 5.32.